The van der Waals surface area contributed by atoms with E-state index in [0.29, 0.717) is 18.4 Å². The number of carbonyl (C=O) groups excluding carboxylic acids is 1. The third-order valence-electron chi connectivity index (χ3n) is 4.51. The molecule has 1 saturated carbocycles. The van der Waals surface area contributed by atoms with Crippen LogP contribution in [0.5, 0.6) is 5.75 Å². The summed E-state index contributed by atoms with van der Waals surface area (Å²) in [4.78, 5) is 23.5. The Hall–Kier alpha value is -2.84. The van der Waals surface area contributed by atoms with E-state index in [1.54, 1.807) is 6.07 Å². The highest BCUT2D eigenvalue weighted by Crippen LogP contribution is 2.50. The van der Waals surface area contributed by atoms with E-state index in [1.807, 2.05) is 0 Å². The van der Waals surface area contributed by atoms with E-state index in [2.05, 4.69) is 10.4 Å². The lowest BCUT2D eigenvalue weighted by molar-refractivity contribution is -0.137. The summed E-state index contributed by atoms with van der Waals surface area (Å²) in [6.45, 7) is 0.145. The summed E-state index contributed by atoms with van der Waals surface area (Å²) in [5.41, 5.74) is -2.16. The van der Waals surface area contributed by atoms with Gasteiger partial charge < -0.3 is 10.4 Å². The first kappa shape index (κ1) is 18.0. The van der Waals surface area contributed by atoms with Crippen LogP contribution in [0, 0.1) is 0 Å². The molecule has 9 heteroatoms. The number of aromatic nitrogens is 2. The molecule has 6 nitrogen and oxygen atoms in total. The molecule has 1 heterocycles. The molecule has 2 N–H and O–H groups in total. The molecule has 1 amide bonds. The Balaban J connectivity index is 1.96. The highest BCUT2D eigenvalue weighted by Gasteiger charge is 2.46. The lowest BCUT2D eigenvalue weighted by Crippen LogP contribution is -2.30. The second-order valence-corrected chi connectivity index (χ2v) is 6.33. The molecule has 3 rings (SSSR count). The van der Waals surface area contributed by atoms with Crippen LogP contribution >= 0.6 is 0 Å². The number of aromatic hydroxyl groups is 1. The van der Waals surface area contributed by atoms with E-state index < -0.39 is 39.9 Å². The van der Waals surface area contributed by atoms with Gasteiger partial charge in [0.1, 0.15) is 0 Å². The Bertz CT molecular complexity index is 917. The van der Waals surface area contributed by atoms with Gasteiger partial charge in [0, 0.05) is 12.5 Å². The van der Waals surface area contributed by atoms with Gasteiger partial charge in [-0.1, -0.05) is 18.2 Å². The molecule has 138 valence electrons. The van der Waals surface area contributed by atoms with Crippen molar-refractivity contribution in [3.05, 3.63) is 57.5 Å². The topological polar surface area (TPSA) is 84.2 Å². The van der Waals surface area contributed by atoms with Crippen molar-refractivity contribution in [2.45, 2.75) is 31.0 Å². The molecule has 0 saturated heterocycles. The van der Waals surface area contributed by atoms with Gasteiger partial charge >= 0.3 is 6.18 Å². The SMILES string of the molecule is CNC(=O)c1nn(CC2(c3cccc(C(F)(F)F)c3)CC2)cc(O)c1=O. The van der Waals surface area contributed by atoms with E-state index >= 15 is 0 Å². The number of nitrogens with one attached hydrogen (secondary N) is 1. The Morgan fingerprint density at radius 1 is 1.38 bits per heavy atom. The lowest BCUT2D eigenvalue weighted by Gasteiger charge is -2.19. The third kappa shape index (κ3) is 3.29. The zero-order valence-electron chi connectivity index (χ0n) is 13.8. The first-order chi connectivity index (χ1) is 12.2. The highest BCUT2D eigenvalue weighted by atomic mass is 19.4. The van der Waals surface area contributed by atoms with E-state index in [4.69, 9.17) is 0 Å². The van der Waals surface area contributed by atoms with Gasteiger partial charge in [0.2, 0.25) is 0 Å². The standard InChI is InChI=1S/C17H16F3N3O3/c1-21-15(26)13-14(25)12(24)8-23(22-13)9-16(5-6-16)10-3-2-4-11(7-10)17(18,19)20/h2-4,7-8,24H,5-6,9H2,1H3,(H,21,26). The fourth-order valence-electron chi connectivity index (χ4n) is 2.90. The minimum atomic E-state index is -4.44. The molecule has 0 bridgehead atoms. The van der Waals surface area contributed by atoms with Crippen molar-refractivity contribution in [1.82, 2.24) is 15.1 Å². The van der Waals surface area contributed by atoms with Gasteiger partial charge in [-0.2, -0.15) is 18.3 Å². The quantitative estimate of drug-likeness (QED) is 0.866. The van der Waals surface area contributed by atoms with Gasteiger partial charge in [-0.25, -0.2) is 0 Å². The lowest BCUT2D eigenvalue weighted by atomic mass is 9.94. The summed E-state index contributed by atoms with van der Waals surface area (Å²) in [5.74, 6) is -1.39. The van der Waals surface area contributed by atoms with Crippen molar-refractivity contribution in [3.63, 3.8) is 0 Å². The van der Waals surface area contributed by atoms with Crippen LogP contribution in [0.25, 0.3) is 0 Å². The minimum Gasteiger partial charge on any atom is -0.503 e. The van der Waals surface area contributed by atoms with Crippen LogP contribution in [0.2, 0.25) is 0 Å². The Kier molecular flexibility index (Phi) is 4.25. The first-order valence-electron chi connectivity index (χ1n) is 7.87. The van der Waals surface area contributed by atoms with Crippen molar-refractivity contribution in [1.29, 1.82) is 0 Å². The molecule has 0 radical (unpaired) electrons. The maximum atomic E-state index is 13.0. The number of rotatable bonds is 4. The van der Waals surface area contributed by atoms with E-state index in [0.717, 1.165) is 18.3 Å². The molecular formula is C17H16F3N3O3. The second-order valence-electron chi connectivity index (χ2n) is 6.33. The molecule has 26 heavy (non-hydrogen) atoms. The maximum absolute atomic E-state index is 13.0. The molecule has 1 aliphatic carbocycles. The van der Waals surface area contributed by atoms with Crippen molar-refractivity contribution in [2.24, 2.45) is 0 Å². The third-order valence-corrected chi connectivity index (χ3v) is 4.51. The largest absolute Gasteiger partial charge is 0.503 e. The van der Waals surface area contributed by atoms with Crippen molar-refractivity contribution in [3.8, 4) is 5.75 Å². The van der Waals surface area contributed by atoms with E-state index in [9.17, 15) is 27.9 Å². The number of carbonyl (C=O) groups is 1. The van der Waals surface area contributed by atoms with Gasteiger partial charge in [-0.15, -0.1) is 0 Å². The van der Waals surface area contributed by atoms with Crippen LogP contribution in [-0.4, -0.2) is 27.8 Å². The smallest absolute Gasteiger partial charge is 0.416 e. The van der Waals surface area contributed by atoms with Crippen LogP contribution in [0.3, 0.4) is 0 Å². The monoisotopic (exact) mass is 367 g/mol. The molecule has 0 aliphatic heterocycles. The van der Waals surface area contributed by atoms with Crippen molar-refractivity contribution < 1.29 is 23.1 Å². The van der Waals surface area contributed by atoms with Crippen molar-refractivity contribution in [2.75, 3.05) is 7.05 Å². The Morgan fingerprint density at radius 2 is 2.08 bits per heavy atom. The first-order valence-corrected chi connectivity index (χ1v) is 7.87. The number of hydrogen-bond acceptors (Lipinski definition) is 4. The van der Waals surface area contributed by atoms with Gasteiger partial charge in [0.05, 0.1) is 18.3 Å². The zero-order chi connectivity index (χ0) is 19.1. The van der Waals surface area contributed by atoms with E-state index in [1.165, 1.54) is 17.8 Å². The summed E-state index contributed by atoms with van der Waals surface area (Å²) in [7, 11) is 1.32. The fourth-order valence-corrected chi connectivity index (χ4v) is 2.90. The number of benzene rings is 1. The fraction of sp³-hybridized carbons (Fsp3) is 0.353. The Morgan fingerprint density at radius 3 is 2.65 bits per heavy atom. The molecule has 0 spiro atoms. The van der Waals surface area contributed by atoms with Crippen molar-refractivity contribution >= 4 is 5.91 Å². The average Bonchev–Trinajstić information content (AvgIpc) is 3.37. The highest BCUT2D eigenvalue weighted by molar-refractivity contribution is 5.92. The number of halogens is 3. The molecule has 0 unspecified atom stereocenters. The number of amides is 1. The molecule has 1 aromatic carbocycles. The molecule has 1 aliphatic rings. The average molecular weight is 367 g/mol. The van der Waals surface area contributed by atoms with Gasteiger partial charge in [-0.05, 0) is 24.5 Å². The second kappa shape index (κ2) is 6.15. The molecular weight excluding hydrogens is 351 g/mol. The van der Waals surface area contributed by atoms with Crippen LogP contribution < -0.4 is 10.7 Å². The Labute approximate surface area is 146 Å². The van der Waals surface area contributed by atoms with Crippen LogP contribution in [0.1, 0.15) is 34.5 Å². The maximum Gasteiger partial charge on any atom is 0.416 e. The summed E-state index contributed by atoms with van der Waals surface area (Å²) >= 11 is 0. The normalized spacial score (nSPS) is 15.5. The minimum absolute atomic E-state index is 0.145. The summed E-state index contributed by atoms with van der Waals surface area (Å²) in [6.07, 6.45) is -2.08. The molecule has 2 aromatic rings. The molecule has 1 fully saturated rings. The molecule has 0 atom stereocenters. The van der Waals surface area contributed by atoms with Gasteiger partial charge in [0.15, 0.2) is 11.4 Å². The predicted octanol–water partition coefficient (Wildman–Crippen LogP) is 2.06. The van der Waals surface area contributed by atoms with Gasteiger partial charge in [0.25, 0.3) is 11.3 Å². The number of hydrogen-bond donors (Lipinski definition) is 2. The predicted molar refractivity (Wildman–Crippen MR) is 85.9 cm³/mol. The number of nitrogens with zero attached hydrogens (tertiary/aromatic N) is 2. The summed E-state index contributed by atoms with van der Waals surface area (Å²) < 4.78 is 40.1. The van der Waals surface area contributed by atoms with Crippen LogP contribution in [0.4, 0.5) is 13.2 Å². The van der Waals surface area contributed by atoms with Gasteiger partial charge in [-0.3, -0.25) is 14.3 Å². The number of alkyl halides is 3. The van der Waals surface area contributed by atoms with Crippen LogP contribution in [0.15, 0.2) is 35.3 Å². The summed E-state index contributed by atoms with van der Waals surface area (Å²) in [6, 6.07) is 5.08. The van der Waals surface area contributed by atoms with Crippen LogP contribution in [-0.2, 0) is 18.1 Å². The summed E-state index contributed by atoms with van der Waals surface area (Å²) in [5, 5.41) is 16.0. The molecule has 1 aromatic heterocycles. The van der Waals surface area contributed by atoms with E-state index in [-0.39, 0.29) is 6.54 Å². The zero-order valence-corrected chi connectivity index (χ0v) is 13.8.